The number of anilines is 1. The molecule has 17 nitrogen and oxygen atoms in total. The summed E-state index contributed by atoms with van der Waals surface area (Å²) < 4.78 is 45.1. The van der Waals surface area contributed by atoms with Crippen LogP contribution in [0.15, 0.2) is 47.3 Å². The molecule has 1 amide bonds. The fraction of sp³-hybridized carbons (Fsp3) is 0.407. The van der Waals surface area contributed by atoms with Crippen molar-refractivity contribution < 1.29 is 50.9 Å². The van der Waals surface area contributed by atoms with Crippen molar-refractivity contribution in [3.05, 3.63) is 47.9 Å². The highest BCUT2D eigenvalue weighted by Crippen LogP contribution is 2.40. The van der Waals surface area contributed by atoms with Crippen molar-refractivity contribution >= 4 is 50.2 Å². The number of ketones is 1. The van der Waals surface area contributed by atoms with Gasteiger partial charge in [0.15, 0.2) is 22.3 Å². The molecule has 2 aromatic heterocycles. The van der Waals surface area contributed by atoms with Crippen LogP contribution < -0.4 is 20.8 Å². The first-order chi connectivity index (χ1) is 21.6. The second kappa shape index (κ2) is 13.9. The molecule has 1 aliphatic heterocycles. The van der Waals surface area contributed by atoms with Gasteiger partial charge in [-0.3, -0.25) is 14.1 Å². The molecule has 6 N–H and O–H groups in total. The number of ether oxygens (including phenoxy) is 1. The molecule has 248 valence electrons. The van der Waals surface area contributed by atoms with Crippen LogP contribution in [-0.2, 0) is 47.5 Å². The molecule has 0 radical (unpaired) electrons. The number of nitrogens with zero attached hydrogens (tertiary/aromatic N) is 5. The second-order valence-electron chi connectivity index (χ2n) is 10.9. The average Bonchev–Trinajstić information content (AvgIpc) is 3.59. The van der Waals surface area contributed by atoms with Crippen molar-refractivity contribution in [1.29, 1.82) is 0 Å². The van der Waals surface area contributed by atoms with Gasteiger partial charge in [-0.1, -0.05) is 5.16 Å². The quantitative estimate of drug-likeness (QED) is 0.0532. The molecular weight excluding hydrogens is 646 g/mol. The first kappa shape index (κ1) is 34.4. The number of rotatable bonds is 16. The number of oxime groups is 1. The van der Waals surface area contributed by atoms with Crippen molar-refractivity contribution in [3.8, 4) is 17.0 Å². The smallest absolute Gasteiger partial charge is 0.418 e. The second-order valence-corrected chi connectivity index (χ2v) is 12.8. The molecule has 3 heterocycles. The summed E-state index contributed by atoms with van der Waals surface area (Å²) >= 11 is 0.988. The Bertz CT molecular complexity index is 1730. The fourth-order valence-electron chi connectivity index (χ4n) is 4.68. The Morgan fingerprint density at radius 1 is 1.26 bits per heavy atom. The van der Waals surface area contributed by atoms with Crippen LogP contribution >= 0.6 is 11.3 Å². The maximum absolute atomic E-state index is 13.3. The zero-order chi connectivity index (χ0) is 33.8. The molecule has 1 aromatic carbocycles. The number of thiazole rings is 1. The van der Waals surface area contributed by atoms with E-state index < -0.39 is 64.4 Å². The van der Waals surface area contributed by atoms with Gasteiger partial charge in [0.25, 0.3) is 12.0 Å². The highest BCUT2D eigenvalue weighted by molar-refractivity contribution is 7.80. The van der Waals surface area contributed by atoms with Crippen molar-refractivity contribution in [2.24, 2.45) is 23.9 Å². The highest BCUT2D eigenvalue weighted by atomic mass is 32.3. The number of aryl methyl sites for hydroxylation is 2. The van der Waals surface area contributed by atoms with E-state index in [0.29, 0.717) is 17.4 Å². The fourth-order valence-corrected chi connectivity index (χ4v) is 5.69. The predicted molar refractivity (Wildman–Crippen MR) is 162 cm³/mol. The summed E-state index contributed by atoms with van der Waals surface area (Å²) in [5.74, 6) is -3.79. The van der Waals surface area contributed by atoms with Crippen LogP contribution in [0.2, 0.25) is 0 Å². The Kier molecular flexibility index (Phi) is 10.4. The number of β-lactam (4-membered cyclic amide) rings is 1. The number of Topliss-reactive ketones (excluding diaryl/α,β-unsaturated/α-hetero) is 1. The topological polar surface area (TPSA) is 243 Å². The molecule has 1 aliphatic rings. The maximum atomic E-state index is 13.3. The number of amides is 1. The van der Waals surface area contributed by atoms with E-state index in [-0.39, 0.29) is 10.8 Å². The van der Waals surface area contributed by atoms with E-state index in [4.69, 9.17) is 25.6 Å². The Balaban J connectivity index is 1.45. The molecular formula is C27H34N7O10S2+. The molecule has 19 heteroatoms. The van der Waals surface area contributed by atoms with Crippen LogP contribution in [0.1, 0.15) is 32.4 Å². The number of hydrogen-bond acceptors (Lipinski definition) is 13. The summed E-state index contributed by atoms with van der Waals surface area (Å²) in [5, 5.41) is 15.5. The van der Waals surface area contributed by atoms with Crippen molar-refractivity contribution in [2.45, 2.75) is 44.9 Å². The molecule has 0 aliphatic carbocycles. The van der Waals surface area contributed by atoms with Gasteiger partial charge in [0.1, 0.15) is 24.2 Å². The van der Waals surface area contributed by atoms with Crippen LogP contribution in [0.4, 0.5) is 5.13 Å². The summed E-state index contributed by atoms with van der Waals surface area (Å²) in [6.07, 6.45) is 2.66. The molecule has 3 aromatic rings. The normalized spacial score (nSPS) is 17.0. The van der Waals surface area contributed by atoms with Crippen LogP contribution in [0.3, 0.4) is 0 Å². The number of aliphatic carboxylic acids is 1. The zero-order valence-corrected chi connectivity index (χ0v) is 26.7. The minimum atomic E-state index is -4.99. The number of nitrogens with two attached hydrogens (primary N) is 2. The summed E-state index contributed by atoms with van der Waals surface area (Å²) in [7, 11) is -3.06. The summed E-state index contributed by atoms with van der Waals surface area (Å²) in [5.41, 5.74) is 11.4. The van der Waals surface area contributed by atoms with Crippen LogP contribution in [0.5, 0.6) is 5.75 Å². The standard InChI is InChI=1S/C27H33N7O10S2/c1-27(2)18(24(36)34(27)44-46(39,40)41)11-21(35)23(19-14-45-26(29)30-19)31-43-22(25(37)38)13-42-17-7-5-16(6-8-17)20-12-33(10-4-9-28)15-32(20)3/h5-8,12,14-15,18,22H,4,9-11,13,28H2,1-3H3,(H3-,29,30,37,38,39,40,41)/p+1/b31-23-/t18?,22-/m0/s1. The van der Waals surface area contributed by atoms with Gasteiger partial charge in [-0.25, -0.2) is 18.9 Å². The predicted octanol–water partition coefficient (Wildman–Crippen LogP) is 0.551. The van der Waals surface area contributed by atoms with Crippen LogP contribution in [0.25, 0.3) is 11.3 Å². The monoisotopic (exact) mass is 680 g/mol. The first-order valence-corrected chi connectivity index (χ1v) is 16.1. The lowest BCUT2D eigenvalue weighted by Crippen LogP contribution is -2.68. The zero-order valence-electron chi connectivity index (χ0n) is 25.1. The molecule has 0 bridgehead atoms. The minimum absolute atomic E-state index is 0.0196. The number of aromatic nitrogens is 3. The molecule has 1 fully saturated rings. The maximum Gasteiger partial charge on any atom is 0.418 e. The Morgan fingerprint density at radius 2 is 1.96 bits per heavy atom. The van der Waals surface area contributed by atoms with Crippen molar-refractivity contribution in [1.82, 2.24) is 14.6 Å². The third kappa shape index (κ3) is 8.04. The number of benzene rings is 1. The number of imidazole rings is 1. The third-order valence-corrected chi connectivity index (χ3v) is 8.18. The van der Waals surface area contributed by atoms with Gasteiger partial charge in [0.2, 0.25) is 6.33 Å². The summed E-state index contributed by atoms with van der Waals surface area (Å²) in [6, 6.07) is 6.99. The van der Waals surface area contributed by atoms with Gasteiger partial charge in [-0.2, -0.15) is 13.5 Å². The van der Waals surface area contributed by atoms with Gasteiger partial charge >= 0.3 is 16.4 Å². The third-order valence-electron chi connectivity index (χ3n) is 7.17. The molecule has 46 heavy (non-hydrogen) atoms. The number of hydroxylamine groups is 2. The molecule has 1 saturated heterocycles. The van der Waals surface area contributed by atoms with Crippen molar-refractivity contribution in [2.75, 3.05) is 18.9 Å². The van der Waals surface area contributed by atoms with E-state index in [9.17, 15) is 27.9 Å². The Hall–Kier alpha value is -4.43. The molecule has 4 rings (SSSR count). The van der Waals surface area contributed by atoms with Crippen LogP contribution in [0, 0.1) is 5.92 Å². The Labute approximate surface area is 267 Å². The van der Waals surface area contributed by atoms with Gasteiger partial charge in [-0.05, 0) is 51.1 Å². The van der Waals surface area contributed by atoms with E-state index in [1.807, 2.05) is 40.8 Å². The summed E-state index contributed by atoms with van der Waals surface area (Å²) in [4.78, 5) is 47.1. The number of carbonyl (C=O) groups is 3. The lowest BCUT2D eigenvalue weighted by molar-refractivity contribution is -0.696. The number of carboxylic acid groups (broad SMARTS) is 1. The summed E-state index contributed by atoms with van der Waals surface area (Å²) in [6.45, 7) is 3.75. The molecule has 0 saturated carbocycles. The minimum Gasteiger partial charge on any atom is -0.489 e. The molecule has 2 atom stereocenters. The number of hydrogen-bond donors (Lipinski definition) is 4. The average molecular weight is 681 g/mol. The SMILES string of the molecule is Cn1c[n+](CCCN)cc1-c1ccc(OC[C@H](O/N=C(\C(=O)CC2C(=O)N(OS(=O)(=O)O)C2(C)C)c2csc(N)n2)C(=O)O)cc1. The lowest BCUT2D eigenvalue weighted by atomic mass is 9.74. The highest BCUT2D eigenvalue weighted by Gasteiger charge is 2.57. The van der Waals surface area contributed by atoms with Gasteiger partial charge in [0, 0.05) is 17.4 Å². The largest absolute Gasteiger partial charge is 0.489 e. The van der Waals surface area contributed by atoms with E-state index in [0.717, 1.165) is 35.6 Å². The molecule has 0 spiro atoms. The molecule has 1 unspecified atom stereocenters. The number of nitrogen functional groups attached to an aromatic ring is 1. The van der Waals surface area contributed by atoms with Crippen molar-refractivity contribution in [3.63, 3.8) is 0 Å². The number of carbonyl (C=O) groups excluding carboxylic acids is 2. The number of carboxylic acids is 1. The van der Waals surface area contributed by atoms with E-state index in [1.165, 1.54) is 19.2 Å². The van der Waals surface area contributed by atoms with E-state index >= 15 is 0 Å². The van der Waals surface area contributed by atoms with Crippen LogP contribution in [-0.4, -0.2) is 80.9 Å². The van der Waals surface area contributed by atoms with Gasteiger partial charge in [-0.15, -0.1) is 15.6 Å². The van der Waals surface area contributed by atoms with Gasteiger partial charge < -0.3 is 26.1 Å². The van der Waals surface area contributed by atoms with E-state index in [1.54, 1.807) is 12.1 Å². The van der Waals surface area contributed by atoms with Gasteiger partial charge in [0.05, 0.1) is 25.0 Å². The Morgan fingerprint density at radius 3 is 2.52 bits per heavy atom. The first-order valence-electron chi connectivity index (χ1n) is 13.8. The lowest BCUT2D eigenvalue weighted by Gasteiger charge is -2.50. The van der Waals surface area contributed by atoms with E-state index in [2.05, 4.69) is 14.4 Å².